The lowest BCUT2D eigenvalue weighted by Gasteiger charge is -2.35. The molecule has 0 radical (unpaired) electrons. The molecule has 0 spiro atoms. The van der Waals surface area contributed by atoms with Gasteiger partial charge in [-0.15, -0.1) is 0 Å². The number of nitrogens with one attached hydrogen (secondary N) is 1. The highest BCUT2D eigenvalue weighted by atomic mass is 16.3. The molecule has 0 unspecified atom stereocenters. The van der Waals surface area contributed by atoms with Crippen LogP contribution in [0.5, 0.6) is 0 Å². The highest BCUT2D eigenvalue weighted by Crippen LogP contribution is 2.23. The third-order valence-electron chi connectivity index (χ3n) is 5.52. The zero-order valence-electron chi connectivity index (χ0n) is 18.1. The molecule has 1 aliphatic rings. The lowest BCUT2D eigenvalue weighted by Crippen LogP contribution is -2.49. The second-order valence-electron chi connectivity index (χ2n) is 7.93. The summed E-state index contributed by atoms with van der Waals surface area (Å²) in [5.74, 6) is 3.27. The molecule has 0 bridgehead atoms. The van der Waals surface area contributed by atoms with Crippen molar-refractivity contribution in [1.82, 2.24) is 19.9 Å². The number of hydrogen-bond acceptors (Lipinski definition) is 7. The van der Waals surface area contributed by atoms with Gasteiger partial charge in [-0.25, -0.2) is 15.0 Å². The maximum absolute atomic E-state index is 12.9. The summed E-state index contributed by atoms with van der Waals surface area (Å²) in [6.45, 7) is 6.46. The van der Waals surface area contributed by atoms with Gasteiger partial charge >= 0.3 is 0 Å². The van der Waals surface area contributed by atoms with Gasteiger partial charge in [-0.2, -0.15) is 0 Å². The molecule has 8 nitrogen and oxygen atoms in total. The van der Waals surface area contributed by atoms with E-state index in [4.69, 9.17) is 4.42 Å². The molecular weight excluding hydrogens is 404 g/mol. The number of carbonyl (C=O) groups is 1. The van der Waals surface area contributed by atoms with E-state index in [2.05, 4.69) is 25.2 Å². The average Bonchev–Trinajstić information content (AvgIpc) is 3.23. The van der Waals surface area contributed by atoms with E-state index < -0.39 is 0 Å². The summed E-state index contributed by atoms with van der Waals surface area (Å²) in [6, 6.07) is 15.3. The van der Waals surface area contributed by atoms with E-state index in [9.17, 15) is 4.79 Å². The minimum absolute atomic E-state index is 0.0763. The van der Waals surface area contributed by atoms with Crippen LogP contribution in [-0.2, 0) is 0 Å². The Morgan fingerprint density at radius 1 is 0.969 bits per heavy atom. The number of hydrogen-bond donors (Lipinski definition) is 1. The first-order valence-electron chi connectivity index (χ1n) is 10.6. The first kappa shape index (κ1) is 20.0. The standard InChI is InChI=1S/C24H24N6O2/c1-16-7-8-25-21(13-16)28-22-15-23(27-17(2)26-22)29-9-11-30(12-10-29)24(31)20-14-18-5-3-4-6-19(18)32-20/h3-8,13-15H,9-12H2,1-2H3,(H,25,26,27,28). The zero-order chi connectivity index (χ0) is 22.1. The fourth-order valence-corrected chi connectivity index (χ4v) is 3.90. The van der Waals surface area contributed by atoms with Gasteiger partial charge in [-0.3, -0.25) is 4.79 Å². The number of benzene rings is 1. The zero-order valence-corrected chi connectivity index (χ0v) is 18.1. The SMILES string of the molecule is Cc1ccnc(Nc2cc(N3CCN(C(=O)c4cc5ccccc5o4)CC3)nc(C)n2)c1. The third-order valence-corrected chi connectivity index (χ3v) is 5.52. The number of rotatable bonds is 4. The maximum Gasteiger partial charge on any atom is 0.289 e. The van der Waals surface area contributed by atoms with E-state index in [-0.39, 0.29) is 5.91 Å². The quantitative estimate of drug-likeness (QED) is 0.527. The minimum Gasteiger partial charge on any atom is -0.451 e. The Kier molecular flexibility index (Phi) is 5.18. The van der Waals surface area contributed by atoms with Crippen LogP contribution < -0.4 is 10.2 Å². The highest BCUT2D eigenvalue weighted by molar-refractivity contribution is 5.96. The molecule has 162 valence electrons. The maximum atomic E-state index is 12.9. The van der Waals surface area contributed by atoms with Crippen LogP contribution in [0.15, 0.2) is 59.1 Å². The molecule has 0 atom stereocenters. The van der Waals surface area contributed by atoms with Gasteiger partial charge in [0.15, 0.2) is 5.76 Å². The predicted octanol–water partition coefficient (Wildman–Crippen LogP) is 3.94. The Balaban J connectivity index is 1.27. The van der Waals surface area contributed by atoms with Crippen molar-refractivity contribution in [3.05, 3.63) is 71.9 Å². The summed E-state index contributed by atoms with van der Waals surface area (Å²) in [4.78, 5) is 30.4. The Morgan fingerprint density at radius 3 is 2.56 bits per heavy atom. The average molecular weight is 428 g/mol. The second-order valence-corrected chi connectivity index (χ2v) is 7.93. The van der Waals surface area contributed by atoms with Crippen LogP contribution in [-0.4, -0.2) is 51.9 Å². The predicted molar refractivity (Wildman–Crippen MR) is 123 cm³/mol. The molecule has 4 heterocycles. The molecule has 1 saturated heterocycles. The van der Waals surface area contributed by atoms with Crippen molar-refractivity contribution >= 4 is 34.3 Å². The lowest BCUT2D eigenvalue weighted by molar-refractivity contribution is 0.0717. The van der Waals surface area contributed by atoms with Crippen LogP contribution >= 0.6 is 0 Å². The third kappa shape index (κ3) is 4.12. The van der Waals surface area contributed by atoms with E-state index in [1.807, 2.05) is 67.3 Å². The Bertz CT molecular complexity index is 1240. The molecule has 1 aromatic carbocycles. The number of furan rings is 1. The molecule has 1 amide bonds. The Morgan fingerprint density at radius 2 is 1.78 bits per heavy atom. The number of aromatic nitrogens is 3. The number of carbonyl (C=O) groups excluding carboxylic acids is 1. The Labute approximate surface area is 185 Å². The van der Waals surface area contributed by atoms with Gasteiger partial charge in [0.25, 0.3) is 5.91 Å². The van der Waals surface area contributed by atoms with Gasteiger partial charge in [0.05, 0.1) is 0 Å². The molecule has 0 aliphatic carbocycles. The van der Waals surface area contributed by atoms with Crippen molar-refractivity contribution in [2.75, 3.05) is 36.4 Å². The van der Waals surface area contributed by atoms with E-state index in [0.29, 0.717) is 43.6 Å². The number of para-hydroxylation sites is 1. The first-order valence-corrected chi connectivity index (χ1v) is 10.6. The smallest absolute Gasteiger partial charge is 0.289 e. The molecule has 0 saturated carbocycles. The molecular formula is C24H24N6O2. The summed E-state index contributed by atoms with van der Waals surface area (Å²) < 4.78 is 5.75. The molecule has 4 aromatic rings. The summed E-state index contributed by atoms with van der Waals surface area (Å²) in [5.41, 5.74) is 1.85. The molecule has 1 fully saturated rings. The fraction of sp³-hybridized carbons (Fsp3) is 0.250. The van der Waals surface area contributed by atoms with Gasteiger partial charge < -0.3 is 19.5 Å². The second kappa shape index (κ2) is 8.30. The van der Waals surface area contributed by atoms with E-state index in [1.165, 1.54) is 0 Å². The molecule has 1 N–H and O–H groups in total. The van der Waals surface area contributed by atoms with Crippen LogP contribution in [0.1, 0.15) is 21.9 Å². The number of piperazine rings is 1. The van der Waals surface area contributed by atoms with E-state index in [0.717, 1.165) is 28.2 Å². The number of fused-ring (bicyclic) bond motifs is 1. The van der Waals surface area contributed by atoms with Crippen molar-refractivity contribution in [1.29, 1.82) is 0 Å². The highest BCUT2D eigenvalue weighted by Gasteiger charge is 2.25. The normalized spacial score (nSPS) is 14.1. The minimum atomic E-state index is -0.0763. The molecule has 3 aromatic heterocycles. The van der Waals surface area contributed by atoms with Gasteiger partial charge in [-0.05, 0) is 43.7 Å². The number of anilines is 3. The van der Waals surface area contributed by atoms with E-state index >= 15 is 0 Å². The van der Waals surface area contributed by atoms with Crippen LogP contribution in [0, 0.1) is 13.8 Å². The van der Waals surface area contributed by atoms with Gasteiger partial charge in [-0.1, -0.05) is 18.2 Å². The van der Waals surface area contributed by atoms with Crippen molar-refractivity contribution in [3.8, 4) is 0 Å². The van der Waals surface area contributed by atoms with Gasteiger partial charge in [0, 0.05) is 43.8 Å². The van der Waals surface area contributed by atoms with Gasteiger partial charge in [0.1, 0.15) is 28.9 Å². The van der Waals surface area contributed by atoms with Crippen LogP contribution in [0.4, 0.5) is 17.5 Å². The number of amides is 1. The number of aryl methyl sites for hydroxylation is 2. The summed E-state index contributed by atoms with van der Waals surface area (Å²) in [6.07, 6.45) is 1.77. The summed E-state index contributed by atoms with van der Waals surface area (Å²) >= 11 is 0. The molecule has 5 rings (SSSR count). The summed E-state index contributed by atoms with van der Waals surface area (Å²) in [5, 5.41) is 4.20. The van der Waals surface area contributed by atoms with Crippen LogP contribution in [0.3, 0.4) is 0 Å². The lowest BCUT2D eigenvalue weighted by atomic mass is 10.2. The topological polar surface area (TPSA) is 87.4 Å². The largest absolute Gasteiger partial charge is 0.451 e. The number of nitrogens with zero attached hydrogens (tertiary/aromatic N) is 5. The number of pyridine rings is 1. The summed E-state index contributed by atoms with van der Waals surface area (Å²) in [7, 11) is 0. The van der Waals surface area contributed by atoms with Crippen LogP contribution in [0.25, 0.3) is 11.0 Å². The van der Waals surface area contributed by atoms with E-state index in [1.54, 1.807) is 6.20 Å². The van der Waals surface area contributed by atoms with Crippen LogP contribution in [0.2, 0.25) is 0 Å². The first-order chi connectivity index (χ1) is 15.5. The van der Waals surface area contributed by atoms with Crippen molar-refractivity contribution in [2.45, 2.75) is 13.8 Å². The monoisotopic (exact) mass is 428 g/mol. The van der Waals surface area contributed by atoms with Crippen molar-refractivity contribution in [2.24, 2.45) is 0 Å². The van der Waals surface area contributed by atoms with Crippen molar-refractivity contribution in [3.63, 3.8) is 0 Å². The fourth-order valence-electron chi connectivity index (χ4n) is 3.90. The van der Waals surface area contributed by atoms with Crippen molar-refractivity contribution < 1.29 is 9.21 Å². The molecule has 32 heavy (non-hydrogen) atoms. The molecule has 1 aliphatic heterocycles. The molecule has 8 heteroatoms. The Hall–Kier alpha value is -3.94. The van der Waals surface area contributed by atoms with Gasteiger partial charge in [0.2, 0.25) is 0 Å².